The van der Waals surface area contributed by atoms with Crippen LogP contribution < -0.4 is 10.2 Å². The zero-order valence-corrected chi connectivity index (χ0v) is 19.2. The van der Waals surface area contributed by atoms with Crippen LogP contribution in [0, 0.1) is 0 Å². The fourth-order valence-electron chi connectivity index (χ4n) is 4.77. The molecule has 0 spiro atoms. The smallest absolute Gasteiger partial charge is 0.224 e. The summed E-state index contributed by atoms with van der Waals surface area (Å²) in [7, 11) is -3.47. The summed E-state index contributed by atoms with van der Waals surface area (Å²) in [6.07, 6.45) is 5.54. The molecule has 8 heteroatoms. The van der Waals surface area contributed by atoms with Crippen molar-refractivity contribution >= 4 is 27.3 Å². The minimum atomic E-state index is -3.47. The summed E-state index contributed by atoms with van der Waals surface area (Å²) < 4.78 is 26.5. The van der Waals surface area contributed by atoms with Gasteiger partial charge < -0.3 is 15.3 Å². The van der Waals surface area contributed by atoms with Crippen molar-refractivity contribution in [2.75, 3.05) is 16.8 Å². The molecule has 0 bridgehead atoms. The second kappa shape index (κ2) is 9.11. The molecular weight excluding hydrogens is 436 g/mol. The molecule has 0 saturated heterocycles. The van der Waals surface area contributed by atoms with Crippen LogP contribution in [0.15, 0.2) is 65.7 Å². The topological polar surface area (TPSA) is 95.4 Å². The summed E-state index contributed by atoms with van der Waals surface area (Å²) >= 11 is 0. The van der Waals surface area contributed by atoms with Gasteiger partial charge in [-0.2, -0.15) is 4.98 Å². The minimum absolute atomic E-state index is 0.0120. The third-order valence-corrected chi connectivity index (χ3v) is 8.23. The van der Waals surface area contributed by atoms with Crippen molar-refractivity contribution in [3.63, 3.8) is 0 Å². The first-order chi connectivity index (χ1) is 16.0. The first kappa shape index (κ1) is 21.9. The number of aliphatic hydroxyl groups is 1. The van der Waals surface area contributed by atoms with E-state index in [0.29, 0.717) is 23.8 Å². The van der Waals surface area contributed by atoms with E-state index < -0.39 is 9.84 Å². The number of rotatable bonds is 6. The van der Waals surface area contributed by atoms with Crippen LogP contribution >= 0.6 is 0 Å². The first-order valence-electron chi connectivity index (χ1n) is 11.4. The fourth-order valence-corrected chi connectivity index (χ4v) is 6.43. The van der Waals surface area contributed by atoms with Gasteiger partial charge in [-0.25, -0.2) is 13.4 Å². The predicted octanol–water partition coefficient (Wildman–Crippen LogP) is 3.86. The Bertz CT molecular complexity index is 1230. The molecule has 2 heterocycles. The van der Waals surface area contributed by atoms with Gasteiger partial charge in [-0.1, -0.05) is 36.4 Å². The summed E-state index contributed by atoms with van der Waals surface area (Å²) in [6.45, 7) is 0.666. The highest BCUT2D eigenvalue weighted by molar-refractivity contribution is 7.90. The van der Waals surface area contributed by atoms with Crippen LogP contribution in [0.2, 0.25) is 0 Å². The van der Waals surface area contributed by atoms with E-state index in [-0.39, 0.29) is 17.9 Å². The quantitative estimate of drug-likeness (QED) is 0.572. The second-order valence-electron chi connectivity index (χ2n) is 8.79. The molecule has 0 unspecified atom stereocenters. The fraction of sp³-hybridized carbons (Fsp3) is 0.360. The molecule has 2 N–H and O–H groups in total. The van der Waals surface area contributed by atoms with E-state index >= 15 is 0 Å². The highest BCUT2D eigenvalue weighted by Crippen LogP contribution is 2.38. The van der Waals surface area contributed by atoms with Crippen molar-refractivity contribution in [2.45, 2.75) is 54.9 Å². The Morgan fingerprint density at radius 2 is 1.79 bits per heavy atom. The predicted molar refractivity (Wildman–Crippen MR) is 128 cm³/mol. The van der Waals surface area contributed by atoms with Gasteiger partial charge >= 0.3 is 0 Å². The summed E-state index contributed by atoms with van der Waals surface area (Å²) in [5.74, 6) is 1.30. The maximum absolute atomic E-state index is 13.2. The first-order valence-corrected chi connectivity index (χ1v) is 13.1. The third-order valence-electron chi connectivity index (χ3n) is 6.47. The van der Waals surface area contributed by atoms with Crippen molar-refractivity contribution in [1.82, 2.24) is 9.97 Å². The van der Waals surface area contributed by atoms with Crippen LogP contribution in [0.3, 0.4) is 0 Å². The van der Waals surface area contributed by atoms with Crippen LogP contribution in [-0.4, -0.2) is 42.2 Å². The van der Waals surface area contributed by atoms with Gasteiger partial charge in [0.1, 0.15) is 5.82 Å². The number of aliphatic hydroxyl groups excluding tert-OH is 1. The Labute approximate surface area is 194 Å². The van der Waals surface area contributed by atoms with E-state index in [1.165, 1.54) is 0 Å². The SMILES string of the molecule is O=S(=O)(Cc1ccccc1)c1cccc2c1CCN2c1ccnc(NC2CCC(O)CC2)n1. The molecule has 0 amide bonds. The molecule has 1 aliphatic heterocycles. The maximum atomic E-state index is 13.2. The summed E-state index contributed by atoms with van der Waals surface area (Å²) in [5.41, 5.74) is 2.52. The van der Waals surface area contributed by atoms with E-state index in [2.05, 4.69) is 15.2 Å². The highest BCUT2D eigenvalue weighted by Gasteiger charge is 2.29. The molecule has 1 aliphatic carbocycles. The molecule has 2 aromatic carbocycles. The molecule has 5 rings (SSSR count). The van der Waals surface area contributed by atoms with Crippen LogP contribution in [0.5, 0.6) is 0 Å². The van der Waals surface area contributed by atoms with E-state index in [1.54, 1.807) is 12.3 Å². The molecule has 172 valence electrons. The van der Waals surface area contributed by atoms with Crippen LogP contribution in [0.4, 0.5) is 17.5 Å². The van der Waals surface area contributed by atoms with Crippen molar-refractivity contribution in [1.29, 1.82) is 0 Å². The number of hydrogen-bond acceptors (Lipinski definition) is 7. The van der Waals surface area contributed by atoms with Crippen molar-refractivity contribution in [3.8, 4) is 0 Å². The van der Waals surface area contributed by atoms with Gasteiger partial charge in [0.25, 0.3) is 0 Å². The van der Waals surface area contributed by atoms with Gasteiger partial charge in [-0.15, -0.1) is 0 Å². The largest absolute Gasteiger partial charge is 0.393 e. The van der Waals surface area contributed by atoms with Crippen LogP contribution in [0.1, 0.15) is 36.8 Å². The standard InChI is InChI=1S/C25H28N4O3S/c30-20-11-9-19(10-12-20)27-25-26-15-13-24(28-25)29-16-14-21-22(29)7-4-8-23(21)33(31,32)17-18-5-2-1-3-6-18/h1-8,13,15,19-20,30H,9-12,14,16-17H2,(H,26,27,28). The monoisotopic (exact) mass is 464 g/mol. The number of benzene rings is 2. The average Bonchev–Trinajstić information content (AvgIpc) is 3.25. The average molecular weight is 465 g/mol. The maximum Gasteiger partial charge on any atom is 0.224 e. The van der Waals surface area contributed by atoms with E-state index in [1.807, 2.05) is 48.5 Å². The van der Waals surface area contributed by atoms with Gasteiger partial charge in [0, 0.05) is 24.5 Å². The molecule has 1 fully saturated rings. The van der Waals surface area contributed by atoms with Crippen molar-refractivity contribution < 1.29 is 13.5 Å². The summed E-state index contributed by atoms with van der Waals surface area (Å²) in [4.78, 5) is 11.6. The molecule has 2 aliphatic rings. The molecule has 1 saturated carbocycles. The molecule has 33 heavy (non-hydrogen) atoms. The van der Waals surface area contributed by atoms with E-state index in [9.17, 15) is 13.5 Å². The Morgan fingerprint density at radius 1 is 1.00 bits per heavy atom. The van der Waals surface area contributed by atoms with E-state index in [4.69, 9.17) is 4.98 Å². The minimum Gasteiger partial charge on any atom is -0.393 e. The lowest BCUT2D eigenvalue weighted by atomic mass is 9.93. The number of aromatic nitrogens is 2. The second-order valence-corrected chi connectivity index (χ2v) is 10.7. The molecule has 7 nitrogen and oxygen atoms in total. The normalized spacial score (nSPS) is 20.5. The number of nitrogens with zero attached hydrogens (tertiary/aromatic N) is 3. The zero-order chi connectivity index (χ0) is 22.8. The molecule has 0 atom stereocenters. The van der Waals surface area contributed by atoms with Crippen molar-refractivity contribution in [3.05, 3.63) is 71.9 Å². The lowest BCUT2D eigenvalue weighted by molar-refractivity contribution is 0.126. The number of nitrogens with one attached hydrogen (secondary N) is 1. The molecule has 0 radical (unpaired) electrons. The lowest BCUT2D eigenvalue weighted by Gasteiger charge is -2.26. The van der Waals surface area contributed by atoms with Gasteiger partial charge in [-0.05, 0) is 61.4 Å². The molecule has 3 aromatic rings. The Morgan fingerprint density at radius 3 is 2.58 bits per heavy atom. The molecular formula is C25H28N4O3S. The third kappa shape index (κ3) is 4.72. The van der Waals surface area contributed by atoms with Crippen LogP contribution in [-0.2, 0) is 22.0 Å². The van der Waals surface area contributed by atoms with Crippen LogP contribution in [0.25, 0.3) is 0 Å². The molecule has 1 aromatic heterocycles. The van der Waals surface area contributed by atoms with Gasteiger partial charge in [0.15, 0.2) is 9.84 Å². The summed E-state index contributed by atoms with van der Waals surface area (Å²) in [5, 5.41) is 13.1. The van der Waals surface area contributed by atoms with Gasteiger partial charge in [0.05, 0.1) is 16.8 Å². The zero-order valence-electron chi connectivity index (χ0n) is 18.4. The van der Waals surface area contributed by atoms with Gasteiger partial charge in [0.2, 0.25) is 5.95 Å². The Hall–Kier alpha value is -2.97. The number of fused-ring (bicyclic) bond motifs is 1. The number of hydrogen-bond donors (Lipinski definition) is 2. The highest BCUT2D eigenvalue weighted by atomic mass is 32.2. The van der Waals surface area contributed by atoms with Crippen molar-refractivity contribution in [2.24, 2.45) is 0 Å². The Balaban J connectivity index is 1.38. The lowest BCUT2D eigenvalue weighted by Crippen LogP contribution is -2.29. The Kier molecular flexibility index (Phi) is 6.03. The number of sulfone groups is 1. The summed E-state index contributed by atoms with van der Waals surface area (Å²) in [6, 6.07) is 16.9. The number of anilines is 3. The van der Waals surface area contributed by atoms with E-state index in [0.717, 1.165) is 48.3 Å². The van der Waals surface area contributed by atoms with Gasteiger partial charge in [-0.3, -0.25) is 0 Å².